The van der Waals surface area contributed by atoms with Crippen molar-refractivity contribution in [2.75, 3.05) is 25.1 Å². The van der Waals surface area contributed by atoms with E-state index in [1.54, 1.807) is 56.5 Å². The Balaban J connectivity index is 2.08. The highest BCUT2D eigenvalue weighted by atomic mass is 35.5. The number of hydrogen-bond acceptors (Lipinski definition) is 6. The number of nitrogens with one attached hydrogen (secondary N) is 1. The van der Waals surface area contributed by atoms with Gasteiger partial charge >= 0.3 is 0 Å². The Morgan fingerprint density at radius 1 is 0.951 bits per heavy atom. The lowest BCUT2D eigenvalue weighted by Gasteiger charge is -2.33. The molecule has 3 aromatic carbocycles. The van der Waals surface area contributed by atoms with Crippen LogP contribution in [0.5, 0.6) is 11.5 Å². The number of carbonyl (C=O) groups is 2. The lowest BCUT2D eigenvalue weighted by molar-refractivity contribution is -0.140. The lowest BCUT2D eigenvalue weighted by atomic mass is 10.1. The third-order valence-electron chi connectivity index (χ3n) is 6.36. The summed E-state index contributed by atoms with van der Waals surface area (Å²) in [5.41, 5.74) is 0.928. The van der Waals surface area contributed by atoms with Gasteiger partial charge in [0.25, 0.3) is 10.0 Å². The zero-order valence-electron chi connectivity index (χ0n) is 23.8. The van der Waals surface area contributed by atoms with E-state index in [0.717, 1.165) is 9.87 Å². The Bertz CT molecular complexity index is 1430. The van der Waals surface area contributed by atoms with E-state index < -0.39 is 28.5 Å². The molecule has 0 saturated carbocycles. The predicted octanol–water partition coefficient (Wildman–Crippen LogP) is 4.88. The second-order valence-corrected chi connectivity index (χ2v) is 11.9. The van der Waals surface area contributed by atoms with Crippen molar-refractivity contribution in [2.45, 2.75) is 50.7 Å². The highest BCUT2D eigenvalue weighted by molar-refractivity contribution is 7.92. The molecule has 41 heavy (non-hydrogen) atoms. The number of nitrogens with zero attached hydrogens (tertiary/aromatic N) is 2. The summed E-state index contributed by atoms with van der Waals surface area (Å²) in [4.78, 5) is 28.7. The Hall–Kier alpha value is -3.76. The Kier molecular flexibility index (Phi) is 11.0. The van der Waals surface area contributed by atoms with Gasteiger partial charge in [-0.1, -0.05) is 48.9 Å². The summed E-state index contributed by atoms with van der Waals surface area (Å²) >= 11 is 6.36. The highest BCUT2D eigenvalue weighted by Gasteiger charge is 2.34. The molecule has 0 heterocycles. The molecule has 1 atom stereocenters. The maximum atomic E-state index is 14.1. The summed E-state index contributed by atoms with van der Waals surface area (Å²) in [5, 5.41) is 3.06. The van der Waals surface area contributed by atoms with Gasteiger partial charge in [-0.25, -0.2) is 8.42 Å². The molecule has 3 aromatic rings. The predicted molar refractivity (Wildman–Crippen MR) is 160 cm³/mol. The van der Waals surface area contributed by atoms with Crippen molar-refractivity contribution in [3.8, 4) is 11.5 Å². The average molecular weight is 602 g/mol. The summed E-state index contributed by atoms with van der Waals surface area (Å²) in [6.45, 7) is 4.99. The highest BCUT2D eigenvalue weighted by Crippen LogP contribution is 2.32. The maximum Gasteiger partial charge on any atom is 0.264 e. The van der Waals surface area contributed by atoms with E-state index in [-0.39, 0.29) is 34.1 Å². The molecule has 0 aliphatic rings. The number of ether oxygens (including phenoxy) is 2. The minimum Gasteiger partial charge on any atom is -0.497 e. The van der Waals surface area contributed by atoms with E-state index in [4.69, 9.17) is 21.1 Å². The average Bonchev–Trinajstić information content (AvgIpc) is 2.96. The molecule has 0 bridgehead atoms. The first-order valence-electron chi connectivity index (χ1n) is 13.2. The molecule has 0 aliphatic heterocycles. The number of methoxy groups -OCH3 is 2. The molecule has 9 nitrogen and oxygen atoms in total. The van der Waals surface area contributed by atoms with Crippen LogP contribution in [-0.4, -0.2) is 58.0 Å². The summed E-state index contributed by atoms with van der Waals surface area (Å²) in [6.07, 6.45) is 0.320. The fraction of sp³-hybridized carbons (Fsp3) is 0.333. The third-order valence-corrected chi connectivity index (χ3v) is 8.45. The standard InChI is InChI=1S/C30H36ClN3O6S/c1-6-27(30(36)32-21(2)3)33(19-22-12-15-24(39-4)16-13-22)29(35)20-34(23-14-17-28(40-5)26(31)18-23)41(37,38)25-10-8-7-9-11-25/h7-18,21,27H,6,19-20H2,1-5H3,(H,32,36)/t27-/m1/s1. The molecule has 220 valence electrons. The van der Waals surface area contributed by atoms with Crippen LogP contribution < -0.4 is 19.1 Å². The monoisotopic (exact) mass is 601 g/mol. The quantitative estimate of drug-likeness (QED) is 0.299. The van der Waals surface area contributed by atoms with Gasteiger partial charge in [-0.15, -0.1) is 0 Å². The first-order chi connectivity index (χ1) is 19.5. The smallest absolute Gasteiger partial charge is 0.264 e. The van der Waals surface area contributed by atoms with Gasteiger partial charge in [-0.2, -0.15) is 0 Å². The van der Waals surface area contributed by atoms with Gasteiger partial charge in [0.1, 0.15) is 24.1 Å². The topological polar surface area (TPSA) is 105 Å². The van der Waals surface area contributed by atoms with Crippen molar-refractivity contribution in [3.05, 3.63) is 83.4 Å². The van der Waals surface area contributed by atoms with E-state index in [1.165, 1.54) is 42.3 Å². The number of sulfonamides is 1. The summed E-state index contributed by atoms with van der Waals surface area (Å²) in [5.74, 6) is 0.122. The minimum absolute atomic E-state index is 0.00559. The Morgan fingerprint density at radius 2 is 1.61 bits per heavy atom. The number of halogens is 1. The molecule has 0 aliphatic carbocycles. The molecule has 1 N–H and O–H groups in total. The molecule has 0 saturated heterocycles. The van der Waals surface area contributed by atoms with Crippen LogP contribution in [0.2, 0.25) is 5.02 Å². The molecule has 0 spiro atoms. The van der Waals surface area contributed by atoms with Crippen LogP contribution in [0.1, 0.15) is 32.8 Å². The fourth-order valence-corrected chi connectivity index (χ4v) is 5.97. The molecule has 0 fully saturated rings. The first-order valence-corrected chi connectivity index (χ1v) is 15.0. The zero-order valence-corrected chi connectivity index (χ0v) is 25.4. The van der Waals surface area contributed by atoms with Crippen LogP contribution in [0.3, 0.4) is 0 Å². The zero-order chi connectivity index (χ0) is 30.2. The SMILES string of the molecule is CC[C@H](C(=O)NC(C)C)N(Cc1ccc(OC)cc1)C(=O)CN(c1ccc(OC)c(Cl)c1)S(=O)(=O)c1ccccc1. The largest absolute Gasteiger partial charge is 0.497 e. The molecule has 11 heteroatoms. The molecular weight excluding hydrogens is 566 g/mol. The number of amides is 2. The number of rotatable bonds is 13. The third kappa shape index (κ3) is 7.92. The normalized spacial score (nSPS) is 12.0. The second-order valence-electron chi connectivity index (χ2n) is 9.60. The van der Waals surface area contributed by atoms with E-state index >= 15 is 0 Å². The van der Waals surface area contributed by atoms with Gasteiger partial charge in [-0.05, 0) is 68.3 Å². The Morgan fingerprint density at radius 3 is 2.15 bits per heavy atom. The molecule has 0 unspecified atom stereocenters. The van der Waals surface area contributed by atoms with Gasteiger partial charge in [0.05, 0.1) is 29.8 Å². The van der Waals surface area contributed by atoms with Crippen molar-refractivity contribution < 1.29 is 27.5 Å². The maximum absolute atomic E-state index is 14.1. The number of hydrogen-bond donors (Lipinski definition) is 1. The summed E-state index contributed by atoms with van der Waals surface area (Å²) < 4.78 is 39.3. The molecule has 3 rings (SSSR count). The lowest BCUT2D eigenvalue weighted by Crippen LogP contribution is -2.53. The molecular formula is C30H36ClN3O6S. The van der Waals surface area contributed by atoms with Crippen LogP contribution in [0.4, 0.5) is 5.69 Å². The van der Waals surface area contributed by atoms with Gasteiger partial charge in [0.2, 0.25) is 11.8 Å². The van der Waals surface area contributed by atoms with Crippen LogP contribution >= 0.6 is 11.6 Å². The van der Waals surface area contributed by atoms with Crippen molar-refractivity contribution in [1.82, 2.24) is 10.2 Å². The second kappa shape index (κ2) is 14.2. The summed E-state index contributed by atoms with van der Waals surface area (Å²) in [6, 6.07) is 18.5. The fourth-order valence-electron chi connectivity index (χ4n) is 4.29. The summed E-state index contributed by atoms with van der Waals surface area (Å²) in [7, 11) is -1.19. The van der Waals surface area contributed by atoms with Crippen molar-refractivity contribution in [3.63, 3.8) is 0 Å². The molecule has 0 radical (unpaired) electrons. The number of benzene rings is 3. The van der Waals surface area contributed by atoms with Crippen molar-refractivity contribution >= 4 is 39.1 Å². The van der Waals surface area contributed by atoms with E-state index in [0.29, 0.717) is 17.9 Å². The molecule has 0 aromatic heterocycles. The van der Waals surface area contributed by atoms with Crippen LogP contribution in [-0.2, 0) is 26.2 Å². The van der Waals surface area contributed by atoms with Gasteiger partial charge < -0.3 is 19.7 Å². The van der Waals surface area contributed by atoms with Crippen LogP contribution in [0.15, 0.2) is 77.7 Å². The number of carbonyl (C=O) groups excluding carboxylic acids is 2. The van der Waals surface area contributed by atoms with Crippen molar-refractivity contribution in [1.29, 1.82) is 0 Å². The van der Waals surface area contributed by atoms with Gasteiger partial charge in [-0.3, -0.25) is 13.9 Å². The minimum atomic E-state index is -4.20. The van der Waals surface area contributed by atoms with E-state index in [2.05, 4.69) is 5.32 Å². The first kappa shape index (κ1) is 31.8. The van der Waals surface area contributed by atoms with Gasteiger partial charge in [0.15, 0.2) is 0 Å². The molecule has 2 amide bonds. The van der Waals surface area contributed by atoms with Crippen LogP contribution in [0, 0.1) is 0 Å². The van der Waals surface area contributed by atoms with Gasteiger partial charge in [0, 0.05) is 12.6 Å². The van der Waals surface area contributed by atoms with Crippen molar-refractivity contribution in [2.24, 2.45) is 0 Å². The van der Waals surface area contributed by atoms with E-state index in [9.17, 15) is 18.0 Å². The van der Waals surface area contributed by atoms with Crippen LogP contribution in [0.25, 0.3) is 0 Å². The number of anilines is 1. The van der Waals surface area contributed by atoms with E-state index in [1.807, 2.05) is 13.8 Å². The Labute approximate surface area is 247 Å².